The van der Waals surface area contributed by atoms with Crippen LogP contribution in [0, 0.1) is 17.5 Å². The van der Waals surface area contributed by atoms with E-state index >= 15 is 0 Å². The van der Waals surface area contributed by atoms with Gasteiger partial charge in [0.2, 0.25) is 0 Å². The first-order valence-electron chi connectivity index (χ1n) is 7.98. The molecule has 0 amide bonds. The van der Waals surface area contributed by atoms with E-state index in [0.717, 1.165) is 18.2 Å². The summed E-state index contributed by atoms with van der Waals surface area (Å²) >= 11 is 11.9. The van der Waals surface area contributed by atoms with Crippen LogP contribution in [0.3, 0.4) is 0 Å². The van der Waals surface area contributed by atoms with Gasteiger partial charge in [0.15, 0.2) is 11.6 Å². The van der Waals surface area contributed by atoms with Crippen LogP contribution in [0.1, 0.15) is 10.4 Å². The lowest BCUT2D eigenvalue weighted by Crippen LogP contribution is -2.14. The van der Waals surface area contributed by atoms with E-state index in [1.807, 2.05) is 0 Å². The highest BCUT2D eigenvalue weighted by atomic mass is 35.5. The molecule has 0 bridgehead atoms. The molecule has 28 heavy (non-hydrogen) atoms. The number of hydrogen-bond acceptors (Lipinski definition) is 2. The fourth-order valence-corrected chi connectivity index (χ4v) is 3.19. The molecule has 1 aromatic heterocycles. The van der Waals surface area contributed by atoms with Gasteiger partial charge in [-0.1, -0.05) is 23.2 Å². The van der Waals surface area contributed by atoms with Crippen LogP contribution in [-0.2, 0) is 0 Å². The van der Waals surface area contributed by atoms with Gasteiger partial charge in [-0.15, -0.1) is 0 Å². The fourth-order valence-electron chi connectivity index (χ4n) is 2.85. The summed E-state index contributed by atoms with van der Waals surface area (Å²) in [6, 6.07) is 11.4. The molecule has 0 saturated heterocycles. The number of rotatable bonds is 2. The van der Waals surface area contributed by atoms with E-state index in [9.17, 15) is 18.0 Å². The normalized spacial score (nSPS) is 11.2. The van der Waals surface area contributed by atoms with Crippen LogP contribution >= 0.6 is 23.2 Å². The van der Waals surface area contributed by atoms with Crippen LogP contribution in [0.5, 0.6) is 0 Å². The van der Waals surface area contributed by atoms with E-state index in [1.165, 1.54) is 22.8 Å². The van der Waals surface area contributed by atoms with Gasteiger partial charge in [0, 0.05) is 16.1 Å². The maximum atomic E-state index is 13.6. The van der Waals surface area contributed by atoms with Crippen molar-refractivity contribution in [3.63, 3.8) is 0 Å². The second-order valence-electron chi connectivity index (χ2n) is 5.97. The Morgan fingerprint density at radius 3 is 2.32 bits per heavy atom. The van der Waals surface area contributed by atoms with Gasteiger partial charge in [0.25, 0.3) is 5.91 Å². The molecular weight excluding hydrogens is 412 g/mol. The Balaban J connectivity index is 1.98. The first-order chi connectivity index (χ1) is 13.3. The molecule has 3 nitrogen and oxygen atoms in total. The molecular formula is C20H9Cl2F3N2O. The van der Waals surface area contributed by atoms with Crippen LogP contribution in [0.25, 0.3) is 22.4 Å². The molecule has 0 radical (unpaired) electrons. The molecule has 0 unspecified atom stereocenters. The monoisotopic (exact) mass is 420 g/mol. The number of fused-ring (bicyclic) bond motifs is 1. The lowest BCUT2D eigenvalue weighted by Gasteiger charge is -2.09. The Hall–Kier alpha value is -2.83. The average Bonchev–Trinajstić information content (AvgIpc) is 3.04. The molecule has 0 saturated carbocycles. The highest BCUT2D eigenvalue weighted by Gasteiger charge is 2.21. The largest absolute Gasteiger partial charge is 0.268 e. The lowest BCUT2D eigenvalue weighted by molar-refractivity contribution is 0.0965. The number of hydrogen-bond donors (Lipinski definition) is 0. The average molecular weight is 421 g/mol. The van der Waals surface area contributed by atoms with E-state index in [-0.39, 0.29) is 16.4 Å². The smallest absolute Gasteiger partial charge is 0.264 e. The maximum Gasteiger partial charge on any atom is 0.264 e. The van der Waals surface area contributed by atoms with Gasteiger partial charge in [-0.2, -0.15) is 0 Å². The van der Waals surface area contributed by atoms with Gasteiger partial charge in [-0.3, -0.25) is 9.36 Å². The predicted molar refractivity (Wildman–Crippen MR) is 101 cm³/mol. The standard InChI is InChI=1S/C20H9Cl2F3N2O/c21-12-3-6-18-17(9-12)26-19(10-1-4-14(23)13(22)7-10)27(18)20(28)11-2-5-15(24)16(25)8-11/h1-9H. The quantitative estimate of drug-likeness (QED) is 0.391. The second-order valence-corrected chi connectivity index (χ2v) is 6.81. The van der Waals surface area contributed by atoms with Gasteiger partial charge in [-0.05, 0) is 54.6 Å². The van der Waals surface area contributed by atoms with Crippen molar-refractivity contribution < 1.29 is 18.0 Å². The summed E-state index contributed by atoms with van der Waals surface area (Å²) in [5, 5.41) is 0.260. The lowest BCUT2D eigenvalue weighted by atomic mass is 10.1. The number of nitrogens with zero attached hydrogens (tertiary/aromatic N) is 2. The zero-order chi connectivity index (χ0) is 20.0. The Labute approximate surface area is 166 Å². The van der Waals surface area contributed by atoms with Crippen molar-refractivity contribution in [3.05, 3.63) is 87.7 Å². The zero-order valence-electron chi connectivity index (χ0n) is 13.9. The second kappa shape index (κ2) is 6.96. The summed E-state index contributed by atoms with van der Waals surface area (Å²) in [5.41, 5.74) is 1.09. The van der Waals surface area contributed by atoms with E-state index in [1.54, 1.807) is 18.2 Å². The summed E-state index contributed by atoms with van der Waals surface area (Å²) in [6.45, 7) is 0. The number of imidazole rings is 1. The summed E-state index contributed by atoms with van der Waals surface area (Å²) in [5.74, 6) is -3.31. The molecule has 1 heterocycles. The molecule has 0 aliphatic heterocycles. The predicted octanol–water partition coefficient (Wildman–Crippen LogP) is 6.12. The molecule has 4 rings (SSSR count). The van der Waals surface area contributed by atoms with Crippen molar-refractivity contribution in [3.8, 4) is 11.4 Å². The third-order valence-electron chi connectivity index (χ3n) is 4.16. The zero-order valence-corrected chi connectivity index (χ0v) is 15.4. The Bertz CT molecular complexity index is 1250. The Morgan fingerprint density at radius 1 is 0.857 bits per heavy atom. The van der Waals surface area contributed by atoms with Crippen LogP contribution in [-0.4, -0.2) is 15.5 Å². The van der Waals surface area contributed by atoms with Crippen LogP contribution in [0.2, 0.25) is 10.0 Å². The number of carbonyl (C=O) groups is 1. The topological polar surface area (TPSA) is 34.9 Å². The van der Waals surface area contributed by atoms with Crippen LogP contribution in [0.15, 0.2) is 54.6 Å². The molecule has 0 aliphatic rings. The third-order valence-corrected chi connectivity index (χ3v) is 4.69. The molecule has 3 aromatic carbocycles. The molecule has 0 spiro atoms. The summed E-state index contributed by atoms with van der Waals surface area (Å²) in [6.07, 6.45) is 0. The highest BCUT2D eigenvalue weighted by Crippen LogP contribution is 2.30. The first kappa shape index (κ1) is 18.5. The molecule has 0 fully saturated rings. The molecule has 8 heteroatoms. The van der Waals surface area contributed by atoms with Crippen molar-refractivity contribution in [2.45, 2.75) is 0 Å². The highest BCUT2D eigenvalue weighted by molar-refractivity contribution is 6.31. The number of halogens is 5. The van der Waals surface area contributed by atoms with Gasteiger partial charge >= 0.3 is 0 Å². The van der Waals surface area contributed by atoms with Crippen molar-refractivity contribution >= 4 is 40.1 Å². The van der Waals surface area contributed by atoms with E-state index in [4.69, 9.17) is 23.2 Å². The van der Waals surface area contributed by atoms with Crippen molar-refractivity contribution in [2.24, 2.45) is 0 Å². The van der Waals surface area contributed by atoms with Crippen molar-refractivity contribution in [2.75, 3.05) is 0 Å². The van der Waals surface area contributed by atoms with Gasteiger partial charge < -0.3 is 0 Å². The molecule has 0 aliphatic carbocycles. The number of benzene rings is 3. The minimum absolute atomic E-state index is 0.0809. The maximum absolute atomic E-state index is 13.6. The minimum Gasteiger partial charge on any atom is -0.268 e. The molecule has 140 valence electrons. The van der Waals surface area contributed by atoms with Gasteiger partial charge in [-0.25, -0.2) is 18.2 Å². The summed E-state index contributed by atoms with van der Waals surface area (Å²) < 4.78 is 41.7. The third kappa shape index (κ3) is 3.15. The van der Waals surface area contributed by atoms with E-state index in [0.29, 0.717) is 21.6 Å². The number of aromatic nitrogens is 2. The Kier molecular flexibility index (Phi) is 4.61. The van der Waals surface area contributed by atoms with Crippen molar-refractivity contribution in [1.82, 2.24) is 9.55 Å². The van der Waals surface area contributed by atoms with Crippen LogP contribution < -0.4 is 0 Å². The Morgan fingerprint density at radius 2 is 1.61 bits per heavy atom. The van der Waals surface area contributed by atoms with Gasteiger partial charge in [0.1, 0.15) is 11.6 Å². The molecule has 0 atom stereocenters. The SMILES string of the molecule is O=C(c1ccc(F)c(F)c1)n1c(-c2ccc(F)c(Cl)c2)nc2cc(Cl)ccc21. The van der Waals surface area contributed by atoms with E-state index in [2.05, 4.69) is 4.98 Å². The number of carbonyl (C=O) groups excluding carboxylic acids is 1. The van der Waals surface area contributed by atoms with Crippen LogP contribution in [0.4, 0.5) is 13.2 Å². The van der Waals surface area contributed by atoms with Gasteiger partial charge in [0.05, 0.1) is 16.1 Å². The fraction of sp³-hybridized carbons (Fsp3) is 0. The summed E-state index contributed by atoms with van der Waals surface area (Å²) in [7, 11) is 0. The van der Waals surface area contributed by atoms with E-state index < -0.39 is 23.4 Å². The minimum atomic E-state index is -1.15. The molecule has 4 aromatic rings. The molecule has 0 N–H and O–H groups in total. The summed E-state index contributed by atoms with van der Waals surface area (Å²) in [4.78, 5) is 17.5. The first-order valence-corrected chi connectivity index (χ1v) is 8.74. The van der Waals surface area contributed by atoms with Crippen molar-refractivity contribution in [1.29, 1.82) is 0 Å².